The van der Waals surface area contributed by atoms with Crippen molar-refractivity contribution in [3.05, 3.63) is 12.2 Å². The van der Waals surface area contributed by atoms with Crippen LogP contribution in [-0.4, -0.2) is 12.3 Å². The smallest absolute Gasteiger partial charge is 0.136 e. The molecule has 0 atom stereocenters. The number of hydrogen-bond acceptors (Lipinski definition) is 2. The maximum absolute atomic E-state index is 11.2. The Morgan fingerprint density at radius 2 is 1.85 bits per heavy atom. The first kappa shape index (κ1) is 12.4. The second kappa shape index (κ2) is 7.99. The van der Waals surface area contributed by atoms with Crippen LogP contribution in [0.5, 0.6) is 0 Å². The molecule has 0 saturated carbocycles. The van der Waals surface area contributed by atoms with Crippen LogP contribution in [-0.2, 0) is 4.79 Å². The van der Waals surface area contributed by atoms with E-state index in [2.05, 4.69) is 6.58 Å². The standard InChI is InChI=1S/C11H21NO/c1-10(2)9-11(13)7-5-3-4-6-8-12/h1,3-9,12H2,2H3. The molecule has 0 aliphatic rings. The number of Topliss-reactive ketones (excluding diaryl/α,β-unsaturated/α-hetero) is 1. The second-order valence-corrected chi connectivity index (χ2v) is 3.63. The van der Waals surface area contributed by atoms with Gasteiger partial charge in [-0.1, -0.05) is 25.0 Å². The maximum atomic E-state index is 11.2. The van der Waals surface area contributed by atoms with Crippen LogP contribution < -0.4 is 5.73 Å². The van der Waals surface area contributed by atoms with Crippen LogP contribution >= 0.6 is 0 Å². The number of hydrogen-bond donors (Lipinski definition) is 1. The lowest BCUT2D eigenvalue weighted by atomic mass is 10.1. The third-order valence-corrected chi connectivity index (χ3v) is 1.91. The van der Waals surface area contributed by atoms with Gasteiger partial charge >= 0.3 is 0 Å². The lowest BCUT2D eigenvalue weighted by molar-refractivity contribution is -0.118. The van der Waals surface area contributed by atoms with Gasteiger partial charge < -0.3 is 5.73 Å². The maximum Gasteiger partial charge on any atom is 0.136 e. The minimum Gasteiger partial charge on any atom is -0.330 e. The summed E-state index contributed by atoms with van der Waals surface area (Å²) in [5.41, 5.74) is 6.32. The normalized spacial score (nSPS) is 10.0. The minimum atomic E-state index is 0.320. The summed E-state index contributed by atoms with van der Waals surface area (Å²) in [6.45, 7) is 6.37. The van der Waals surface area contributed by atoms with Gasteiger partial charge in [0, 0.05) is 12.8 Å². The van der Waals surface area contributed by atoms with Gasteiger partial charge in [0.05, 0.1) is 0 Å². The van der Waals surface area contributed by atoms with Crippen molar-refractivity contribution in [2.45, 2.75) is 45.4 Å². The van der Waals surface area contributed by atoms with Crippen LogP contribution in [0.2, 0.25) is 0 Å². The predicted octanol–water partition coefficient (Wildman–Crippen LogP) is 2.43. The summed E-state index contributed by atoms with van der Waals surface area (Å²) in [6, 6.07) is 0. The summed E-state index contributed by atoms with van der Waals surface area (Å²) in [5.74, 6) is 0.320. The molecular weight excluding hydrogens is 162 g/mol. The molecule has 0 unspecified atom stereocenters. The van der Waals surface area contributed by atoms with E-state index >= 15 is 0 Å². The van der Waals surface area contributed by atoms with Gasteiger partial charge in [-0.2, -0.15) is 0 Å². The molecule has 0 aromatic carbocycles. The van der Waals surface area contributed by atoms with E-state index in [1.807, 2.05) is 6.92 Å². The molecule has 13 heavy (non-hydrogen) atoms. The summed E-state index contributed by atoms with van der Waals surface area (Å²) in [5, 5.41) is 0. The Kier molecular flexibility index (Phi) is 7.60. The summed E-state index contributed by atoms with van der Waals surface area (Å²) < 4.78 is 0. The van der Waals surface area contributed by atoms with Crippen molar-refractivity contribution in [1.29, 1.82) is 0 Å². The second-order valence-electron chi connectivity index (χ2n) is 3.63. The third-order valence-electron chi connectivity index (χ3n) is 1.91. The van der Waals surface area contributed by atoms with Gasteiger partial charge in [0.1, 0.15) is 5.78 Å². The SMILES string of the molecule is C=C(C)CC(=O)CCCCCCN. The van der Waals surface area contributed by atoms with E-state index in [4.69, 9.17) is 5.73 Å². The molecule has 0 heterocycles. The van der Waals surface area contributed by atoms with E-state index in [0.717, 1.165) is 37.8 Å². The molecule has 0 amide bonds. The lowest BCUT2D eigenvalue weighted by Crippen LogP contribution is -2.00. The molecule has 0 aromatic heterocycles. The molecule has 0 radical (unpaired) electrons. The molecular formula is C11H21NO. The molecule has 0 fully saturated rings. The van der Waals surface area contributed by atoms with Crippen molar-refractivity contribution in [1.82, 2.24) is 0 Å². The van der Waals surface area contributed by atoms with Crippen LogP contribution in [0.3, 0.4) is 0 Å². The number of rotatable bonds is 8. The summed E-state index contributed by atoms with van der Waals surface area (Å²) in [6.07, 6.45) is 5.62. The molecule has 0 saturated heterocycles. The number of unbranched alkanes of at least 4 members (excludes halogenated alkanes) is 3. The van der Waals surface area contributed by atoms with E-state index in [9.17, 15) is 4.79 Å². The van der Waals surface area contributed by atoms with Crippen LogP contribution in [0.4, 0.5) is 0 Å². The highest BCUT2D eigenvalue weighted by Gasteiger charge is 2.00. The molecule has 0 bridgehead atoms. The first-order valence-electron chi connectivity index (χ1n) is 5.03. The van der Waals surface area contributed by atoms with Gasteiger partial charge in [-0.25, -0.2) is 0 Å². The summed E-state index contributed by atoms with van der Waals surface area (Å²) >= 11 is 0. The third kappa shape index (κ3) is 9.28. The Morgan fingerprint density at radius 1 is 1.23 bits per heavy atom. The van der Waals surface area contributed by atoms with E-state index in [0.29, 0.717) is 18.6 Å². The van der Waals surface area contributed by atoms with Crippen molar-refractivity contribution >= 4 is 5.78 Å². The Hall–Kier alpha value is -0.630. The quantitative estimate of drug-likeness (QED) is 0.464. The molecule has 0 aliphatic heterocycles. The Morgan fingerprint density at radius 3 is 2.38 bits per heavy atom. The van der Waals surface area contributed by atoms with Gasteiger partial charge in [0.2, 0.25) is 0 Å². The largest absolute Gasteiger partial charge is 0.330 e. The van der Waals surface area contributed by atoms with E-state index in [1.54, 1.807) is 0 Å². The van der Waals surface area contributed by atoms with E-state index in [1.165, 1.54) is 0 Å². The average molecular weight is 183 g/mol. The van der Waals surface area contributed by atoms with Gasteiger partial charge in [0.15, 0.2) is 0 Å². The van der Waals surface area contributed by atoms with Crippen molar-refractivity contribution in [3.8, 4) is 0 Å². The van der Waals surface area contributed by atoms with Crippen LogP contribution in [0.15, 0.2) is 12.2 Å². The van der Waals surface area contributed by atoms with Crippen molar-refractivity contribution in [2.24, 2.45) is 5.73 Å². The van der Waals surface area contributed by atoms with Gasteiger partial charge in [-0.05, 0) is 26.3 Å². The van der Waals surface area contributed by atoms with Gasteiger partial charge in [-0.3, -0.25) is 4.79 Å². The van der Waals surface area contributed by atoms with Crippen LogP contribution in [0.1, 0.15) is 45.4 Å². The van der Waals surface area contributed by atoms with Crippen molar-refractivity contribution in [3.63, 3.8) is 0 Å². The number of carbonyl (C=O) groups is 1. The number of ketones is 1. The highest BCUT2D eigenvalue weighted by molar-refractivity contribution is 5.80. The van der Waals surface area contributed by atoms with E-state index in [-0.39, 0.29) is 0 Å². The molecule has 0 spiro atoms. The zero-order valence-corrected chi connectivity index (χ0v) is 8.64. The fraction of sp³-hybridized carbons (Fsp3) is 0.727. The number of carbonyl (C=O) groups excluding carboxylic acids is 1. The summed E-state index contributed by atoms with van der Waals surface area (Å²) in [4.78, 5) is 11.2. The Labute approximate surface area is 81.2 Å². The van der Waals surface area contributed by atoms with Gasteiger partial charge in [0.25, 0.3) is 0 Å². The monoisotopic (exact) mass is 183 g/mol. The fourth-order valence-electron chi connectivity index (χ4n) is 1.25. The average Bonchev–Trinajstić information content (AvgIpc) is 2.02. The number of nitrogens with two attached hydrogens (primary N) is 1. The molecule has 0 aliphatic carbocycles. The van der Waals surface area contributed by atoms with Crippen molar-refractivity contribution in [2.75, 3.05) is 6.54 Å². The number of allylic oxidation sites excluding steroid dienone is 1. The molecule has 2 heteroatoms. The fourth-order valence-corrected chi connectivity index (χ4v) is 1.25. The predicted molar refractivity (Wildman–Crippen MR) is 56.6 cm³/mol. The first-order valence-corrected chi connectivity index (χ1v) is 5.03. The topological polar surface area (TPSA) is 43.1 Å². The molecule has 76 valence electrons. The zero-order chi connectivity index (χ0) is 10.1. The Balaban J connectivity index is 3.22. The summed E-state index contributed by atoms with van der Waals surface area (Å²) in [7, 11) is 0. The highest BCUT2D eigenvalue weighted by atomic mass is 16.1. The van der Waals surface area contributed by atoms with Crippen LogP contribution in [0, 0.1) is 0 Å². The zero-order valence-electron chi connectivity index (χ0n) is 8.64. The van der Waals surface area contributed by atoms with Crippen LogP contribution in [0.25, 0.3) is 0 Å². The molecule has 2 N–H and O–H groups in total. The minimum absolute atomic E-state index is 0.320. The Bertz CT molecular complexity index is 163. The molecule has 0 aromatic rings. The molecule has 2 nitrogen and oxygen atoms in total. The highest BCUT2D eigenvalue weighted by Crippen LogP contribution is 2.06. The first-order chi connectivity index (χ1) is 6.16. The molecule has 0 rings (SSSR count). The van der Waals surface area contributed by atoms with Gasteiger partial charge in [-0.15, -0.1) is 0 Å². The lowest BCUT2D eigenvalue weighted by Gasteiger charge is -2.00. The van der Waals surface area contributed by atoms with Crippen molar-refractivity contribution < 1.29 is 4.79 Å². The van der Waals surface area contributed by atoms with E-state index < -0.39 is 0 Å².